The lowest BCUT2D eigenvalue weighted by molar-refractivity contribution is -0.145. The maximum atomic E-state index is 14.7. The summed E-state index contributed by atoms with van der Waals surface area (Å²) < 4.78 is 41.0. The molecule has 0 unspecified atom stereocenters. The molecule has 0 saturated carbocycles. The van der Waals surface area contributed by atoms with Crippen LogP contribution < -0.4 is 25.8 Å². The Morgan fingerprint density at radius 1 is 1.17 bits per heavy atom. The van der Waals surface area contributed by atoms with Crippen molar-refractivity contribution in [3.63, 3.8) is 0 Å². The van der Waals surface area contributed by atoms with Crippen LogP contribution >= 0.6 is 12.4 Å². The van der Waals surface area contributed by atoms with Crippen LogP contribution in [0.3, 0.4) is 0 Å². The van der Waals surface area contributed by atoms with Gasteiger partial charge in [-0.15, -0.1) is 17.5 Å². The van der Waals surface area contributed by atoms with Crippen LogP contribution in [-0.2, 0) is 16.6 Å². The third-order valence-corrected chi connectivity index (χ3v) is 5.30. The molecule has 190 valence electrons. The van der Waals surface area contributed by atoms with E-state index in [0.717, 1.165) is 12.1 Å². The second-order valence-electron chi connectivity index (χ2n) is 7.79. The molecule has 1 aliphatic rings. The van der Waals surface area contributed by atoms with Crippen molar-refractivity contribution in [3.8, 4) is 5.75 Å². The number of nitrogens with one attached hydrogen (secondary N) is 1. The number of hydrogen-bond acceptors (Lipinski definition) is 10. The van der Waals surface area contributed by atoms with E-state index in [1.807, 2.05) is 4.90 Å². The van der Waals surface area contributed by atoms with Crippen molar-refractivity contribution in [2.24, 2.45) is 12.8 Å². The van der Waals surface area contributed by atoms with Gasteiger partial charge in [0, 0.05) is 45.4 Å². The Labute approximate surface area is 204 Å². The van der Waals surface area contributed by atoms with E-state index < -0.39 is 29.2 Å². The summed E-state index contributed by atoms with van der Waals surface area (Å²) in [5.41, 5.74) is 5.30. The van der Waals surface area contributed by atoms with Gasteiger partial charge in [-0.2, -0.15) is 4.98 Å². The molecule has 3 heterocycles. The number of benzene rings is 1. The highest BCUT2D eigenvalue weighted by molar-refractivity contribution is 5.85. The molecule has 0 aliphatic carbocycles. The lowest BCUT2D eigenvalue weighted by atomic mass is 10.2. The average Bonchev–Trinajstić information content (AvgIpc) is 3.18. The number of esters is 1. The van der Waals surface area contributed by atoms with Crippen molar-refractivity contribution in [2.45, 2.75) is 13.0 Å². The molecule has 1 fully saturated rings. The Balaban J connectivity index is 0.00000342. The smallest absolute Gasteiger partial charge is 0.322 e. The summed E-state index contributed by atoms with van der Waals surface area (Å²) in [5, 5.41) is 7.58. The van der Waals surface area contributed by atoms with E-state index in [1.54, 1.807) is 11.9 Å². The Morgan fingerprint density at radius 3 is 2.43 bits per heavy atom. The van der Waals surface area contributed by atoms with E-state index in [1.165, 1.54) is 11.6 Å². The molecular formula is C20H25ClF2N8O4. The molecule has 1 aliphatic heterocycles. The van der Waals surface area contributed by atoms with E-state index in [-0.39, 0.29) is 42.6 Å². The molecule has 1 aromatic carbocycles. The highest BCUT2D eigenvalue weighted by Crippen LogP contribution is 2.29. The topological polar surface area (TPSA) is 144 Å². The fourth-order valence-electron chi connectivity index (χ4n) is 3.57. The minimum atomic E-state index is -0.773. The number of aromatic nitrogens is 5. The molecule has 12 nitrogen and oxygen atoms in total. The molecule has 2 aromatic heterocycles. The number of anilines is 2. The number of piperazine rings is 1. The zero-order valence-corrected chi connectivity index (χ0v) is 19.8. The lowest BCUT2D eigenvalue weighted by Crippen LogP contribution is -2.48. The van der Waals surface area contributed by atoms with Crippen LogP contribution in [-0.4, -0.2) is 76.4 Å². The van der Waals surface area contributed by atoms with Crippen molar-refractivity contribution in [1.82, 2.24) is 25.0 Å². The quantitative estimate of drug-likeness (QED) is 0.334. The first-order valence-electron chi connectivity index (χ1n) is 10.6. The molecule has 0 amide bonds. The van der Waals surface area contributed by atoms with Crippen molar-refractivity contribution in [1.29, 1.82) is 0 Å². The number of fused-ring (bicyclic) bond motifs is 1. The predicted molar refractivity (Wildman–Crippen MR) is 125 cm³/mol. The van der Waals surface area contributed by atoms with Gasteiger partial charge in [-0.25, -0.2) is 13.5 Å². The second kappa shape index (κ2) is 10.8. The van der Waals surface area contributed by atoms with Gasteiger partial charge in [-0.1, -0.05) is 5.21 Å². The number of carbonyl (C=O) groups excluding carboxylic acids is 1. The van der Waals surface area contributed by atoms with Gasteiger partial charge in [-0.3, -0.25) is 14.6 Å². The molecule has 1 saturated heterocycles. The van der Waals surface area contributed by atoms with Crippen LogP contribution in [0, 0.1) is 11.6 Å². The number of H-pyrrole nitrogens is 1. The van der Waals surface area contributed by atoms with Crippen molar-refractivity contribution < 1.29 is 23.0 Å². The Morgan fingerprint density at radius 2 is 1.80 bits per heavy atom. The number of carbonyl (C=O) groups is 1. The van der Waals surface area contributed by atoms with Gasteiger partial charge in [0.2, 0.25) is 5.95 Å². The van der Waals surface area contributed by atoms with Crippen LogP contribution in [0.4, 0.5) is 20.4 Å². The first-order valence-corrected chi connectivity index (χ1v) is 10.6. The number of halogens is 3. The maximum absolute atomic E-state index is 14.7. The first kappa shape index (κ1) is 26.1. The van der Waals surface area contributed by atoms with Gasteiger partial charge in [0.1, 0.15) is 30.7 Å². The first-order chi connectivity index (χ1) is 16.2. The van der Waals surface area contributed by atoms with Crippen molar-refractivity contribution in [2.75, 3.05) is 49.2 Å². The molecule has 0 radical (unpaired) electrons. The fourth-order valence-corrected chi connectivity index (χ4v) is 3.57. The Hall–Kier alpha value is -3.52. The molecule has 4 rings (SSSR count). The minimum absolute atomic E-state index is 0. The number of hydrogen-bond donors (Lipinski definition) is 2. The van der Waals surface area contributed by atoms with Crippen LogP contribution in [0.2, 0.25) is 0 Å². The normalized spacial score (nSPS) is 14.5. The van der Waals surface area contributed by atoms with Crippen LogP contribution in [0.1, 0.15) is 6.92 Å². The molecule has 35 heavy (non-hydrogen) atoms. The molecule has 1 atom stereocenters. The number of nitrogens with zero attached hydrogens (tertiary/aromatic N) is 6. The molecule has 15 heteroatoms. The summed E-state index contributed by atoms with van der Waals surface area (Å²) >= 11 is 0. The van der Waals surface area contributed by atoms with E-state index >= 15 is 0 Å². The molecule has 0 spiro atoms. The van der Waals surface area contributed by atoms with Gasteiger partial charge in [-0.05, 0) is 6.92 Å². The summed E-state index contributed by atoms with van der Waals surface area (Å²) in [4.78, 5) is 34.0. The molecule has 3 aromatic rings. The molecule has 3 N–H and O–H groups in total. The maximum Gasteiger partial charge on any atom is 0.322 e. The van der Waals surface area contributed by atoms with Gasteiger partial charge in [0.25, 0.3) is 5.56 Å². The van der Waals surface area contributed by atoms with Crippen molar-refractivity contribution >= 4 is 41.2 Å². The molecule has 0 bridgehead atoms. The summed E-state index contributed by atoms with van der Waals surface area (Å²) in [6, 6.07) is 1.40. The monoisotopic (exact) mass is 514 g/mol. The summed E-state index contributed by atoms with van der Waals surface area (Å²) in [5.74, 6) is -1.81. The highest BCUT2D eigenvalue weighted by atomic mass is 35.5. The van der Waals surface area contributed by atoms with Crippen LogP contribution in [0.15, 0.2) is 16.9 Å². The summed E-state index contributed by atoms with van der Waals surface area (Å²) in [6.07, 6.45) is 0. The minimum Gasteiger partial charge on any atom is -0.490 e. The number of rotatable bonds is 7. The summed E-state index contributed by atoms with van der Waals surface area (Å²) in [6.45, 7) is 2.67. The van der Waals surface area contributed by atoms with E-state index in [4.69, 9.17) is 15.2 Å². The predicted octanol–water partition coefficient (Wildman–Crippen LogP) is 0.347. The largest absolute Gasteiger partial charge is 0.490 e. The Bertz CT molecular complexity index is 1240. The molecular weight excluding hydrogens is 490 g/mol. The van der Waals surface area contributed by atoms with Crippen LogP contribution in [0.5, 0.6) is 5.75 Å². The zero-order valence-electron chi connectivity index (χ0n) is 19.0. The van der Waals surface area contributed by atoms with Gasteiger partial charge in [0.15, 0.2) is 22.8 Å². The van der Waals surface area contributed by atoms with E-state index in [9.17, 15) is 18.4 Å². The SMILES string of the molecule is C[C@@H](N)C(=O)OCCOc1cc(F)c(N2CCN(c3nc4c(nnn4C)c(=O)[nH]3)CC2)c(F)c1.Cl. The standard InChI is InChI=1S/C20H24F2N8O4.ClH/c1-11(23)19(32)34-8-7-33-12-9-13(21)16(14(22)10-12)29-3-5-30(6-4-29)20-24-17-15(18(31)25-20)26-27-28(17)2;/h9-11H,3-8,23H2,1-2H3,(H,24,25,31);1H/t11-;/m1./s1. The average molecular weight is 515 g/mol. The lowest BCUT2D eigenvalue weighted by Gasteiger charge is -2.36. The summed E-state index contributed by atoms with van der Waals surface area (Å²) in [7, 11) is 1.63. The number of ether oxygens (including phenoxy) is 2. The number of aryl methyl sites for hydroxylation is 1. The third-order valence-electron chi connectivity index (χ3n) is 5.30. The van der Waals surface area contributed by atoms with Gasteiger partial charge >= 0.3 is 5.97 Å². The second-order valence-corrected chi connectivity index (χ2v) is 7.79. The fraction of sp³-hybridized carbons (Fsp3) is 0.450. The number of nitrogens with two attached hydrogens (primary N) is 1. The highest BCUT2D eigenvalue weighted by Gasteiger charge is 2.25. The zero-order chi connectivity index (χ0) is 24.4. The van der Waals surface area contributed by atoms with Crippen LogP contribution in [0.25, 0.3) is 11.2 Å². The van der Waals surface area contributed by atoms with E-state index in [0.29, 0.717) is 37.8 Å². The van der Waals surface area contributed by atoms with E-state index in [2.05, 4.69) is 20.3 Å². The number of aromatic amines is 1. The van der Waals surface area contributed by atoms with Crippen molar-refractivity contribution in [3.05, 3.63) is 34.1 Å². The van der Waals surface area contributed by atoms with Gasteiger partial charge in [0.05, 0.1) is 0 Å². The third kappa shape index (κ3) is 5.59. The van der Waals surface area contributed by atoms with Gasteiger partial charge < -0.3 is 25.0 Å². The Kier molecular flexibility index (Phi) is 8.07.